The molecular weight excluding hydrogens is 368 g/mol. The number of nitrogens with one attached hydrogen (secondary N) is 2. The molecule has 0 aliphatic heterocycles. The monoisotopic (exact) mass is 392 g/mol. The summed E-state index contributed by atoms with van der Waals surface area (Å²) in [5.74, 6) is -0.223. The molecule has 27 heavy (non-hydrogen) atoms. The van der Waals surface area contributed by atoms with Crippen LogP contribution in [-0.4, -0.2) is 41.2 Å². The average molecular weight is 392 g/mol. The van der Waals surface area contributed by atoms with Gasteiger partial charge in [0.15, 0.2) is 0 Å². The molecule has 2 aromatic carbocycles. The summed E-state index contributed by atoms with van der Waals surface area (Å²) in [5, 5.41) is 2.75. The summed E-state index contributed by atoms with van der Waals surface area (Å²) in [7, 11) is -0.954. The highest BCUT2D eigenvalue weighted by Gasteiger charge is 2.22. The predicted molar refractivity (Wildman–Crippen MR) is 102 cm³/mol. The maximum absolute atomic E-state index is 12.7. The van der Waals surface area contributed by atoms with Crippen molar-refractivity contribution in [3.05, 3.63) is 59.7 Å². The van der Waals surface area contributed by atoms with Gasteiger partial charge in [0.25, 0.3) is 5.91 Å². The van der Waals surface area contributed by atoms with Crippen LogP contribution in [-0.2, 0) is 21.3 Å². The molecule has 0 unspecified atom stereocenters. The molecule has 0 aliphatic rings. The Labute approximate surface area is 159 Å². The van der Waals surface area contributed by atoms with Crippen molar-refractivity contribution in [1.29, 1.82) is 0 Å². The Morgan fingerprint density at radius 3 is 2.44 bits per heavy atom. The van der Waals surface area contributed by atoms with Gasteiger partial charge < -0.3 is 14.8 Å². The standard InChI is InChI=1S/C19H24N2O5S/c1-14(13-25-2)21-19(22)16-9-10-17(26-3)18(11-16)27(23,24)20-12-15-7-5-4-6-8-15/h4-11,14,20H,12-13H2,1-3H3,(H,21,22)/t14-/m1/s1. The first-order valence-electron chi connectivity index (χ1n) is 8.39. The zero-order chi connectivity index (χ0) is 19.9. The number of benzene rings is 2. The number of rotatable bonds is 9. The van der Waals surface area contributed by atoms with Gasteiger partial charge in [-0.15, -0.1) is 0 Å². The van der Waals surface area contributed by atoms with Crippen molar-refractivity contribution in [2.24, 2.45) is 0 Å². The van der Waals surface area contributed by atoms with Crippen LogP contribution in [0.3, 0.4) is 0 Å². The van der Waals surface area contributed by atoms with Crippen LogP contribution in [0.5, 0.6) is 5.75 Å². The number of carbonyl (C=O) groups excluding carboxylic acids is 1. The zero-order valence-corrected chi connectivity index (χ0v) is 16.4. The van der Waals surface area contributed by atoms with Crippen LogP contribution in [0.2, 0.25) is 0 Å². The van der Waals surface area contributed by atoms with Gasteiger partial charge in [-0.05, 0) is 30.7 Å². The van der Waals surface area contributed by atoms with Crippen LogP contribution >= 0.6 is 0 Å². The fourth-order valence-electron chi connectivity index (χ4n) is 2.48. The molecule has 0 bridgehead atoms. The molecule has 8 heteroatoms. The Morgan fingerprint density at radius 1 is 1.11 bits per heavy atom. The van der Waals surface area contributed by atoms with Gasteiger partial charge >= 0.3 is 0 Å². The largest absolute Gasteiger partial charge is 0.495 e. The van der Waals surface area contributed by atoms with Gasteiger partial charge in [0, 0.05) is 25.3 Å². The third kappa shape index (κ3) is 5.78. The summed E-state index contributed by atoms with van der Waals surface area (Å²) < 4.78 is 38.2. The highest BCUT2D eigenvalue weighted by Crippen LogP contribution is 2.25. The van der Waals surface area contributed by atoms with E-state index < -0.39 is 10.0 Å². The number of hydrogen-bond acceptors (Lipinski definition) is 5. The quantitative estimate of drug-likeness (QED) is 0.680. The normalized spacial score (nSPS) is 12.4. The van der Waals surface area contributed by atoms with Crippen LogP contribution < -0.4 is 14.8 Å². The van der Waals surface area contributed by atoms with Crippen LogP contribution in [0.1, 0.15) is 22.8 Å². The predicted octanol–water partition coefficient (Wildman–Crippen LogP) is 1.94. The lowest BCUT2D eigenvalue weighted by atomic mass is 10.2. The molecule has 1 atom stereocenters. The van der Waals surface area contributed by atoms with Crippen molar-refractivity contribution in [3.8, 4) is 5.75 Å². The molecule has 0 heterocycles. The Morgan fingerprint density at radius 2 is 1.81 bits per heavy atom. The molecular formula is C19H24N2O5S. The lowest BCUT2D eigenvalue weighted by Crippen LogP contribution is -2.35. The van der Waals surface area contributed by atoms with Crippen molar-refractivity contribution in [2.45, 2.75) is 24.4 Å². The summed E-state index contributed by atoms with van der Waals surface area (Å²) in [5.41, 5.74) is 1.04. The van der Waals surface area contributed by atoms with E-state index in [0.29, 0.717) is 6.61 Å². The molecule has 2 aromatic rings. The Hall–Kier alpha value is -2.42. The van der Waals surface area contributed by atoms with E-state index in [-0.39, 0.29) is 34.7 Å². The Kier molecular flexibility index (Phi) is 7.35. The Balaban J connectivity index is 2.24. The van der Waals surface area contributed by atoms with E-state index in [1.54, 1.807) is 14.0 Å². The van der Waals surface area contributed by atoms with E-state index in [1.165, 1.54) is 25.3 Å². The summed E-state index contributed by atoms with van der Waals surface area (Å²) >= 11 is 0. The van der Waals surface area contributed by atoms with Crippen LogP contribution in [0.15, 0.2) is 53.4 Å². The second kappa shape index (κ2) is 9.50. The van der Waals surface area contributed by atoms with Crippen molar-refractivity contribution in [1.82, 2.24) is 10.0 Å². The van der Waals surface area contributed by atoms with E-state index in [0.717, 1.165) is 5.56 Å². The second-order valence-corrected chi connectivity index (χ2v) is 7.74. The maximum Gasteiger partial charge on any atom is 0.251 e. The van der Waals surface area contributed by atoms with E-state index >= 15 is 0 Å². The fraction of sp³-hybridized carbons (Fsp3) is 0.316. The van der Waals surface area contributed by atoms with E-state index in [1.807, 2.05) is 30.3 Å². The molecule has 7 nitrogen and oxygen atoms in total. The van der Waals surface area contributed by atoms with Gasteiger partial charge in [-0.1, -0.05) is 30.3 Å². The lowest BCUT2D eigenvalue weighted by molar-refractivity contribution is 0.0905. The van der Waals surface area contributed by atoms with Crippen molar-refractivity contribution in [3.63, 3.8) is 0 Å². The number of hydrogen-bond donors (Lipinski definition) is 2. The summed E-state index contributed by atoms with van der Waals surface area (Å²) in [6, 6.07) is 13.2. The molecule has 146 valence electrons. The van der Waals surface area contributed by atoms with Crippen molar-refractivity contribution < 1.29 is 22.7 Å². The molecule has 0 radical (unpaired) electrons. The second-order valence-electron chi connectivity index (χ2n) is 6.01. The van der Waals surface area contributed by atoms with E-state index in [2.05, 4.69) is 10.0 Å². The highest BCUT2D eigenvalue weighted by molar-refractivity contribution is 7.89. The molecule has 0 fully saturated rings. The SMILES string of the molecule is COC[C@@H](C)NC(=O)c1ccc(OC)c(S(=O)(=O)NCc2ccccc2)c1. The number of methoxy groups -OCH3 is 2. The number of carbonyl (C=O) groups is 1. The van der Waals surface area contributed by atoms with Crippen LogP contribution in [0, 0.1) is 0 Å². The van der Waals surface area contributed by atoms with Crippen molar-refractivity contribution in [2.75, 3.05) is 20.8 Å². The first-order valence-corrected chi connectivity index (χ1v) is 9.87. The molecule has 2 rings (SSSR count). The van der Waals surface area contributed by atoms with Gasteiger partial charge in [-0.2, -0.15) is 0 Å². The molecule has 2 N–H and O–H groups in total. The van der Waals surface area contributed by atoms with Crippen LogP contribution in [0.4, 0.5) is 0 Å². The number of sulfonamides is 1. The summed E-state index contributed by atoms with van der Waals surface area (Å²) in [6.45, 7) is 2.28. The zero-order valence-electron chi connectivity index (χ0n) is 15.6. The number of ether oxygens (including phenoxy) is 2. The van der Waals surface area contributed by atoms with Crippen molar-refractivity contribution >= 4 is 15.9 Å². The molecule has 0 saturated heterocycles. The fourth-order valence-corrected chi connectivity index (χ4v) is 3.69. The van der Waals surface area contributed by atoms with E-state index in [9.17, 15) is 13.2 Å². The topological polar surface area (TPSA) is 93.7 Å². The van der Waals surface area contributed by atoms with Gasteiger partial charge in [-0.25, -0.2) is 13.1 Å². The molecule has 1 amide bonds. The first kappa shape index (κ1) is 20.9. The minimum atomic E-state index is -3.88. The smallest absolute Gasteiger partial charge is 0.251 e. The Bertz CT molecular complexity index is 869. The molecule has 0 aromatic heterocycles. The van der Waals surface area contributed by atoms with Gasteiger partial charge in [0.1, 0.15) is 10.6 Å². The van der Waals surface area contributed by atoms with Gasteiger partial charge in [0.05, 0.1) is 13.7 Å². The highest BCUT2D eigenvalue weighted by atomic mass is 32.2. The molecule has 0 spiro atoms. The summed E-state index contributed by atoms with van der Waals surface area (Å²) in [6.07, 6.45) is 0. The van der Waals surface area contributed by atoms with Gasteiger partial charge in [0.2, 0.25) is 10.0 Å². The summed E-state index contributed by atoms with van der Waals surface area (Å²) in [4.78, 5) is 12.3. The minimum absolute atomic E-state index is 0.0898. The van der Waals surface area contributed by atoms with Crippen LogP contribution in [0.25, 0.3) is 0 Å². The molecule has 0 saturated carbocycles. The molecule has 0 aliphatic carbocycles. The first-order chi connectivity index (χ1) is 12.9. The third-order valence-electron chi connectivity index (χ3n) is 3.82. The van der Waals surface area contributed by atoms with E-state index in [4.69, 9.17) is 9.47 Å². The number of amides is 1. The minimum Gasteiger partial charge on any atom is -0.495 e. The third-order valence-corrected chi connectivity index (χ3v) is 5.24. The maximum atomic E-state index is 12.7. The average Bonchev–Trinajstić information content (AvgIpc) is 2.67. The lowest BCUT2D eigenvalue weighted by Gasteiger charge is -2.15. The van der Waals surface area contributed by atoms with Gasteiger partial charge in [-0.3, -0.25) is 4.79 Å².